The van der Waals surface area contributed by atoms with Gasteiger partial charge in [0.2, 0.25) is 11.8 Å². The van der Waals surface area contributed by atoms with Gasteiger partial charge in [-0.1, -0.05) is 6.08 Å². The maximum absolute atomic E-state index is 13.0. The van der Waals surface area contributed by atoms with Crippen LogP contribution in [0.2, 0.25) is 0 Å². The van der Waals surface area contributed by atoms with E-state index >= 15 is 0 Å². The van der Waals surface area contributed by atoms with Gasteiger partial charge in [0.05, 0.1) is 17.9 Å². The van der Waals surface area contributed by atoms with E-state index in [1.807, 2.05) is 18.2 Å². The van der Waals surface area contributed by atoms with Crippen molar-refractivity contribution in [1.29, 1.82) is 0 Å². The van der Waals surface area contributed by atoms with Crippen LogP contribution in [-0.2, 0) is 9.59 Å². The number of fused-ring (bicyclic) bond motifs is 1. The second kappa shape index (κ2) is 6.66. The molecule has 5 rings (SSSR count). The molecule has 28 heavy (non-hydrogen) atoms. The van der Waals surface area contributed by atoms with Crippen molar-refractivity contribution in [3.05, 3.63) is 23.9 Å². The van der Waals surface area contributed by atoms with Crippen molar-refractivity contribution in [3.63, 3.8) is 0 Å². The van der Waals surface area contributed by atoms with E-state index in [1.54, 1.807) is 0 Å². The number of carbonyl (C=O) groups is 2. The fraction of sp³-hybridized carbons (Fsp3) is 0.700. The number of rotatable bonds is 2. The lowest BCUT2D eigenvalue weighted by molar-refractivity contribution is -0.149. The number of amides is 2. The van der Waals surface area contributed by atoms with Crippen molar-refractivity contribution in [3.8, 4) is 0 Å². The average Bonchev–Trinajstić information content (AvgIpc) is 2.91. The summed E-state index contributed by atoms with van der Waals surface area (Å²) in [6.07, 6.45) is 7.04. The van der Waals surface area contributed by atoms with Crippen molar-refractivity contribution >= 4 is 11.8 Å². The number of hydrogen-bond acceptors (Lipinski definition) is 7. The van der Waals surface area contributed by atoms with Gasteiger partial charge in [-0.25, -0.2) is 0 Å². The fourth-order valence-electron chi connectivity index (χ4n) is 5.46. The highest BCUT2D eigenvalue weighted by Gasteiger charge is 2.52. The van der Waals surface area contributed by atoms with Gasteiger partial charge in [0.25, 0.3) is 0 Å². The summed E-state index contributed by atoms with van der Waals surface area (Å²) in [6.45, 7) is 4.16. The number of allylic oxidation sites excluding steroid dienone is 1. The predicted octanol–water partition coefficient (Wildman–Crippen LogP) is -0.884. The number of piperidine rings is 2. The molecule has 4 heterocycles. The van der Waals surface area contributed by atoms with Crippen LogP contribution in [0.4, 0.5) is 0 Å². The van der Waals surface area contributed by atoms with Gasteiger partial charge in [0.15, 0.2) is 0 Å². The van der Waals surface area contributed by atoms with E-state index in [9.17, 15) is 19.8 Å². The Kier molecular flexibility index (Phi) is 4.35. The third kappa shape index (κ3) is 2.82. The number of aliphatic hydroxyl groups excluding tert-OH is 2. The van der Waals surface area contributed by atoms with Gasteiger partial charge in [-0.05, 0) is 50.9 Å². The van der Waals surface area contributed by atoms with E-state index in [-0.39, 0.29) is 11.8 Å². The van der Waals surface area contributed by atoms with Crippen LogP contribution in [0.25, 0.3) is 0 Å². The van der Waals surface area contributed by atoms with Crippen LogP contribution >= 0.6 is 0 Å². The minimum Gasteiger partial charge on any atom is -0.379 e. The Morgan fingerprint density at radius 3 is 2.46 bits per heavy atom. The topological polar surface area (TPSA) is 105 Å². The summed E-state index contributed by atoms with van der Waals surface area (Å²) in [7, 11) is 0. The normalized spacial score (nSPS) is 39.8. The monoisotopic (exact) mass is 388 g/mol. The summed E-state index contributed by atoms with van der Waals surface area (Å²) >= 11 is 0. The Morgan fingerprint density at radius 2 is 1.75 bits per heavy atom. The molecule has 5 atom stereocenters. The number of aliphatic hydroxyl groups is 2. The third-order valence-electron chi connectivity index (χ3n) is 7.13. The molecule has 8 nitrogen and oxygen atoms in total. The fourth-order valence-corrected chi connectivity index (χ4v) is 5.46. The summed E-state index contributed by atoms with van der Waals surface area (Å²) < 4.78 is 0. The molecule has 2 amide bonds. The van der Waals surface area contributed by atoms with E-state index in [0.29, 0.717) is 18.3 Å². The molecule has 4 saturated heterocycles. The summed E-state index contributed by atoms with van der Waals surface area (Å²) in [5, 5.41) is 25.9. The Morgan fingerprint density at radius 1 is 1.04 bits per heavy atom. The standard InChI is InChI=1S/C20H28N4O4/c25-16-4-3-15(17(26)22-16)24-18(27)13-2-1-12(9-14(13)19(24)28)23-10-20(11-23)5-7-21-8-6-20/h1-2,9,13-17,21-22,25-26H,3-8,10-11H2. The second-order valence-electron chi connectivity index (χ2n) is 8.93. The Labute approximate surface area is 164 Å². The molecule has 0 bridgehead atoms. The number of carbonyl (C=O) groups excluding carboxylic acids is 2. The summed E-state index contributed by atoms with van der Waals surface area (Å²) in [5.74, 6) is -1.46. The quantitative estimate of drug-likeness (QED) is 0.455. The highest BCUT2D eigenvalue weighted by Crippen LogP contribution is 2.43. The number of hydrogen-bond donors (Lipinski definition) is 4. The van der Waals surface area contributed by atoms with Crippen molar-refractivity contribution in [2.75, 3.05) is 26.2 Å². The number of nitrogens with one attached hydrogen (secondary N) is 2. The van der Waals surface area contributed by atoms with Gasteiger partial charge in [-0.2, -0.15) is 0 Å². The zero-order valence-corrected chi connectivity index (χ0v) is 15.9. The molecule has 4 aliphatic heterocycles. The van der Waals surface area contributed by atoms with Gasteiger partial charge in [-0.15, -0.1) is 0 Å². The van der Waals surface area contributed by atoms with Crippen LogP contribution in [0.5, 0.6) is 0 Å². The first-order valence-corrected chi connectivity index (χ1v) is 10.3. The largest absolute Gasteiger partial charge is 0.379 e. The van der Waals surface area contributed by atoms with E-state index in [0.717, 1.165) is 31.9 Å². The SMILES string of the molecule is O=C1C2C=CC(N3CC4(CCNCC4)C3)=CC2C(=O)N1C1CCC(O)NC1O. The molecule has 0 radical (unpaired) electrons. The molecule has 8 heteroatoms. The molecule has 1 spiro atoms. The van der Waals surface area contributed by atoms with Crippen molar-refractivity contribution < 1.29 is 19.8 Å². The summed E-state index contributed by atoms with van der Waals surface area (Å²) in [4.78, 5) is 29.5. The van der Waals surface area contributed by atoms with E-state index < -0.39 is 30.3 Å². The van der Waals surface area contributed by atoms with E-state index in [2.05, 4.69) is 15.5 Å². The van der Waals surface area contributed by atoms with Crippen LogP contribution in [0.15, 0.2) is 23.9 Å². The number of imide groups is 1. The lowest BCUT2D eigenvalue weighted by Crippen LogP contribution is -2.59. The van der Waals surface area contributed by atoms with E-state index in [1.165, 1.54) is 17.7 Å². The van der Waals surface area contributed by atoms with Crippen molar-refractivity contribution in [2.24, 2.45) is 17.3 Å². The molecule has 1 aliphatic carbocycles. The lowest BCUT2D eigenvalue weighted by atomic mass is 9.72. The number of nitrogens with zero attached hydrogens (tertiary/aromatic N) is 2. The maximum atomic E-state index is 13.0. The lowest BCUT2D eigenvalue weighted by Gasteiger charge is -2.54. The van der Waals surface area contributed by atoms with Crippen LogP contribution in [0, 0.1) is 17.3 Å². The highest BCUT2D eigenvalue weighted by molar-refractivity contribution is 6.07. The molecular weight excluding hydrogens is 360 g/mol. The Bertz CT molecular complexity index is 736. The highest BCUT2D eigenvalue weighted by atomic mass is 16.3. The summed E-state index contributed by atoms with van der Waals surface area (Å²) in [5.41, 5.74) is 1.43. The predicted molar refractivity (Wildman–Crippen MR) is 100 cm³/mol. The molecule has 4 N–H and O–H groups in total. The van der Waals surface area contributed by atoms with Gasteiger partial charge >= 0.3 is 0 Å². The molecule has 0 aromatic heterocycles. The first-order chi connectivity index (χ1) is 13.5. The molecule has 0 aromatic rings. The van der Waals surface area contributed by atoms with Crippen LogP contribution < -0.4 is 10.6 Å². The first-order valence-electron chi connectivity index (χ1n) is 10.3. The Hall–Kier alpha value is -1.74. The number of likely N-dealkylation sites (tertiary alicyclic amines) is 2. The van der Waals surface area contributed by atoms with Crippen molar-refractivity contribution in [2.45, 2.75) is 44.2 Å². The maximum Gasteiger partial charge on any atom is 0.237 e. The van der Waals surface area contributed by atoms with Crippen LogP contribution in [0.1, 0.15) is 25.7 Å². The zero-order chi connectivity index (χ0) is 19.5. The molecule has 5 unspecified atom stereocenters. The first kappa shape index (κ1) is 18.3. The smallest absolute Gasteiger partial charge is 0.237 e. The minimum absolute atomic E-state index is 0.240. The van der Waals surface area contributed by atoms with E-state index in [4.69, 9.17) is 0 Å². The van der Waals surface area contributed by atoms with Crippen LogP contribution in [0.3, 0.4) is 0 Å². The average molecular weight is 388 g/mol. The molecular formula is C20H28N4O4. The van der Waals surface area contributed by atoms with Gasteiger partial charge in [-0.3, -0.25) is 19.8 Å². The molecule has 5 aliphatic rings. The van der Waals surface area contributed by atoms with Crippen LogP contribution in [-0.4, -0.2) is 76.5 Å². The third-order valence-corrected chi connectivity index (χ3v) is 7.13. The van der Waals surface area contributed by atoms with Gasteiger partial charge in [0.1, 0.15) is 12.5 Å². The Balaban J connectivity index is 1.30. The van der Waals surface area contributed by atoms with Crippen molar-refractivity contribution in [1.82, 2.24) is 20.4 Å². The van der Waals surface area contributed by atoms with Gasteiger partial charge in [0, 0.05) is 24.2 Å². The molecule has 0 saturated carbocycles. The molecule has 4 fully saturated rings. The molecule has 152 valence electrons. The minimum atomic E-state index is -1.10. The second-order valence-corrected chi connectivity index (χ2v) is 8.93. The van der Waals surface area contributed by atoms with Gasteiger partial charge < -0.3 is 20.4 Å². The summed E-state index contributed by atoms with van der Waals surface area (Å²) in [6, 6.07) is -0.624. The molecule has 0 aromatic carbocycles. The zero-order valence-electron chi connectivity index (χ0n) is 15.9.